The Labute approximate surface area is 194 Å². The van der Waals surface area contributed by atoms with E-state index in [1.807, 2.05) is 6.92 Å². The van der Waals surface area contributed by atoms with Gasteiger partial charge in [0.2, 0.25) is 0 Å². The molecule has 1 fully saturated rings. The number of ketones is 1. The molecule has 3 heterocycles. The number of amides is 2. The maximum atomic E-state index is 13.6. The summed E-state index contributed by atoms with van der Waals surface area (Å²) in [5.41, 5.74) is 0.0949. The minimum absolute atomic E-state index is 0.0145. The fourth-order valence-electron chi connectivity index (χ4n) is 4.27. The van der Waals surface area contributed by atoms with Gasteiger partial charge in [0, 0.05) is 36.7 Å². The number of fused-ring (bicyclic) bond motifs is 1. The van der Waals surface area contributed by atoms with Crippen molar-refractivity contribution in [2.24, 2.45) is 0 Å². The predicted molar refractivity (Wildman–Crippen MR) is 118 cm³/mol. The summed E-state index contributed by atoms with van der Waals surface area (Å²) in [6.07, 6.45) is 2.38. The normalized spacial score (nSPS) is 16.5. The van der Waals surface area contributed by atoms with Crippen molar-refractivity contribution in [2.75, 3.05) is 18.5 Å². The number of carbonyl (C=O) groups excluding carboxylic acids is 3. The summed E-state index contributed by atoms with van der Waals surface area (Å²) in [6, 6.07) is 5.34. The Bertz CT molecular complexity index is 1190. The Hall–Kier alpha value is -3.22. The zero-order chi connectivity index (χ0) is 23.8. The van der Waals surface area contributed by atoms with Gasteiger partial charge < -0.3 is 19.9 Å². The van der Waals surface area contributed by atoms with Gasteiger partial charge >= 0.3 is 0 Å². The Morgan fingerprint density at radius 3 is 2.70 bits per heavy atom. The van der Waals surface area contributed by atoms with E-state index in [2.05, 4.69) is 10.6 Å². The Morgan fingerprint density at radius 1 is 1.27 bits per heavy atom. The van der Waals surface area contributed by atoms with Crippen molar-refractivity contribution >= 4 is 34.9 Å². The van der Waals surface area contributed by atoms with Gasteiger partial charge in [-0.2, -0.15) is 5.26 Å². The van der Waals surface area contributed by atoms with Crippen molar-refractivity contribution in [3.63, 3.8) is 0 Å². The van der Waals surface area contributed by atoms with E-state index in [0.717, 1.165) is 6.07 Å². The molecule has 2 N–H and O–H groups in total. The van der Waals surface area contributed by atoms with E-state index in [4.69, 9.17) is 21.6 Å². The minimum Gasteiger partial charge on any atom is -0.381 e. The summed E-state index contributed by atoms with van der Waals surface area (Å²) >= 11 is 6.49. The molecule has 2 aliphatic rings. The zero-order valence-electron chi connectivity index (χ0n) is 18.0. The van der Waals surface area contributed by atoms with E-state index >= 15 is 0 Å². The van der Waals surface area contributed by atoms with Crippen LogP contribution in [0.3, 0.4) is 0 Å². The second-order valence-corrected chi connectivity index (χ2v) is 8.83. The van der Waals surface area contributed by atoms with Crippen molar-refractivity contribution in [3.8, 4) is 6.07 Å². The maximum absolute atomic E-state index is 13.6. The molecule has 8 nitrogen and oxygen atoms in total. The van der Waals surface area contributed by atoms with Gasteiger partial charge in [-0.15, -0.1) is 0 Å². The zero-order valence-corrected chi connectivity index (χ0v) is 18.7. The van der Waals surface area contributed by atoms with Crippen LogP contribution in [0.25, 0.3) is 0 Å². The third-order valence-electron chi connectivity index (χ3n) is 6.11. The second kappa shape index (κ2) is 8.96. The molecule has 10 heteroatoms. The van der Waals surface area contributed by atoms with Crippen LogP contribution in [0.2, 0.25) is 5.02 Å². The van der Waals surface area contributed by atoms with Crippen molar-refractivity contribution in [1.82, 2.24) is 9.88 Å². The van der Waals surface area contributed by atoms with Gasteiger partial charge in [-0.25, -0.2) is 4.39 Å². The summed E-state index contributed by atoms with van der Waals surface area (Å²) in [5, 5.41) is 14.3. The first kappa shape index (κ1) is 23.0. The highest BCUT2D eigenvalue weighted by Gasteiger charge is 2.37. The minimum atomic E-state index is -0.802. The smallest absolute Gasteiger partial charge is 0.294 e. The molecule has 1 aromatic carbocycles. The molecule has 0 unspecified atom stereocenters. The number of anilines is 1. The highest BCUT2D eigenvalue weighted by Crippen LogP contribution is 2.34. The van der Waals surface area contributed by atoms with Crippen LogP contribution >= 0.6 is 11.6 Å². The van der Waals surface area contributed by atoms with Gasteiger partial charge in [0.25, 0.3) is 17.6 Å². The molecule has 33 heavy (non-hydrogen) atoms. The molecule has 2 amide bonds. The maximum Gasteiger partial charge on any atom is 0.294 e. The van der Waals surface area contributed by atoms with E-state index in [-0.39, 0.29) is 27.5 Å². The topological polar surface area (TPSA) is 113 Å². The van der Waals surface area contributed by atoms with Crippen LogP contribution in [0.15, 0.2) is 18.2 Å². The van der Waals surface area contributed by atoms with Crippen LogP contribution in [-0.2, 0) is 22.5 Å². The third-order valence-corrected chi connectivity index (χ3v) is 6.48. The highest BCUT2D eigenvalue weighted by molar-refractivity contribution is 6.48. The van der Waals surface area contributed by atoms with Crippen LogP contribution in [-0.4, -0.2) is 40.9 Å². The number of hydrogen-bond acceptors (Lipinski definition) is 5. The average Bonchev–Trinajstić information content (AvgIpc) is 3.34. The molecular weight excluding hydrogens is 451 g/mol. The lowest BCUT2D eigenvalue weighted by molar-refractivity contribution is -0.119. The lowest BCUT2D eigenvalue weighted by atomic mass is 9.92. The first-order valence-corrected chi connectivity index (χ1v) is 11.0. The average molecular weight is 473 g/mol. The number of nitrogens with zero attached hydrogens (tertiary/aromatic N) is 2. The molecule has 0 bridgehead atoms. The molecule has 0 saturated carbocycles. The van der Waals surface area contributed by atoms with E-state index < -0.39 is 29.0 Å². The van der Waals surface area contributed by atoms with Crippen LogP contribution in [0, 0.1) is 17.1 Å². The van der Waals surface area contributed by atoms with Crippen LogP contribution in [0.5, 0.6) is 0 Å². The van der Waals surface area contributed by atoms with Gasteiger partial charge in [-0.1, -0.05) is 11.6 Å². The van der Waals surface area contributed by atoms with Gasteiger partial charge in [-0.05, 0) is 50.8 Å². The SMILES string of the molecule is CC1(NC(=O)C(=O)c2c(Cl)c(C(=O)Nc3ccc(F)c(C#N)c3)c3n2CCC3)CCOCC1. The van der Waals surface area contributed by atoms with Crippen LogP contribution < -0.4 is 10.6 Å². The number of benzene rings is 1. The molecule has 0 atom stereocenters. The fourth-order valence-corrected chi connectivity index (χ4v) is 4.65. The number of rotatable bonds is 5. The van der Waals surface area contributed by atoms with Crippen molar-refractivity contribution in [2.45, 2.75) is 44.7 Å². The van der Waals surface area contributed by atoms with Crippen molar-refractivity contribution in [1.29, 1.82) is 5.26 Å². The molecule has 0 spiro atoms. The summed E-state index contributed by atoms with van der Waals surface area (Å²) in [6.45, 7) is 3.31. The third kappa shape index (κ3) is 4.36. The summed E-state index contributed by atoms with van der Waals surface area (Å²) in [4.78, 5) is 38.9. The number of carbonyl (C=O) groups is 3. The largest absolute Gasteiger partial charge is 0.381 e. The first-order valence-electron chi connectivity index (χ1n) is 10.6. The number of nitrogens with one attached hydrogen (secondary N) is 2. The highest BCUT2D eigenvalue weighted by atomic mass is 35.5. The standard InChI is InChI=1S/C23H22ClFN4O4/c1-23(6-9-33-10-7-23)28-22(32)20(30)19-18(24)17(16-3-2-8-29(16)19)21(31)27-14-4-5-15(25)13(11-14)12-26/h4-5,11H,2-3,6-10H2,1H3,(H,27,31)(H,28,32). The second-order valence-electron chi connectivity index (χ2n) is 8.46. The Morgan fingerprint density at radius 2 is 2.00 bits per heavy atom. The van der Waals surface area contributed by atoms with Gasteiger partial charge in [0.15, 0.2) is 0 Å². The summed E-state index contributed by atoms with van der Waals surface area (Å²) < 4.78 is 20.5. The summed E-state index contributed by atoms with van der Waals surface area (Å²) in [5.74, 6) is -2.88. The molecular formula is C23H22ClFN4O4. The Kier molecular flexibility index (Phi) is 6.23. The predicted octanol–water partition coefficient (Wildman–Crippen LogP) is 3.22. The molecule has 0 radical (unpaired) electrons. The lowest BCUT2D eigenvalue weighted by Crippen LogP contribution is -2.51. The van der Waals surface area contributed by atoms with Gasteiger partial charge in [0.05, 0.1) is 16.1 Å². The number of nitriles is 1. The molecule has 2 aliphatic heterocycles. The first-order chi connectivity index (χ1) is 15.7. The Balaban J connectivity index is 1.61. The van der Waals surface area contributed by atoms with Crippen molar-refractivity contribution < 1.29 is 23.5 Å². The molecule has 1 aromatic heterocycles. The fraction of sp³-hybridized carbons (Fsp3) is 0.391. The molecule has 2 aromatic rings. The van der Waals surface area contributed by atoms with Gasteiger partial charge in [-0.3, -0.25) is 14.4 Å². The van der Waals surface area contributed by atoms with Gasteiger partial charge in [0.1, 0.15) is 17.6 Å². The molecule has 172 valence electrons. The quantitative estimate of drug-likeness (QED) is 0.512. The van der Waals surface area contributed by atoms with E-state index in [1.165, 1.54) is 12.1 Å². The number of ether oxygens (including phenoxy) is 1. The van der Waals surface area contributed by atoms with E-state index in [1.54, 1.807) is 10.6 Å². The number of hydrogen-bond donors (Lipinski definition) is 2. The van der Waals surface area contributed by atoms with Crippen molar-refractivity contribution in [3.05, 3.63) is 51.6 Å². The lowest BCUT2D eigenvalue weighted by Gasteiger charge is -2.34. The molecule has 1 saturated heterocycles. The van der Waals surface area contributed by atoms with Crippen LogP contribution in [0.4, 0.5) is 10.1 Å². The van der Waals surface area contributed by atoms with E-state index in [9.17, 15) is 18.8 Å². The monoisotopic (exact) mass is 472 g/mol. The van der Waals surface area contributed by atoms with Crippen LogP contribution in [0.1, 0.15) is 58.3 Å². The number of Topliss-reactive ketones (excluding diaryl/α,β-unsaturated/α-hetero) is 1. The van der Waals surface area contributed by atoms with E-state index in [0.29, 0.717) is 51.1 Å². The number of halogens is 2. The summed E-state index contributed by atoms with van der Waals surface area (Å²) in [7, 11) is 0. The molecule has 4 rings (SSSR count). The molecule has 0 aliphatic carbocycles. The number of aromatic nitrogens is 1.